The molecule has 0 radical (unpaired) electrons. The monoisotopic (exact) mass is 265 g/mol. The van der Waals surface area contributed by atoms with E-state index in [0.717, 1.165) is 5.56 Å². The van der Waals surface area contributed by atoms with E-state index < -0.39 is 5.60 Å². The smallest absolute Gasteiger partial charge is 0.260 e. The van der Waals surface area contributed by atoms with Gasteiger partial charge in [0.05, 0.1) is 25.8 Å². The van der Waals surface area contributed by atoms with Crippen molar-refractivity contribution < 1.29 is 19.4 Å². The normalized spacial score (nSPS) is 16.7. The highest BCUT2D eigenvalue weighted by molar-refractivity contribution is 5.79. The molecule has 0 spiro atoms. The second kappa shape index (κ2) is 5.09. The fourth-order valence-electron chi connectivity index (χ4n) is 2.08. The van der Waals surface area contributed by atoms with Crippen molar-refractivity contribution in [2.24, 2.45) is 0 Å². The van der Waals surface area contributed by atoms with Crippen molar-refractivity contribution in [3.05, 3.63) is 23.8 Å². The lowest BCUT2D eigenvalue weighted by Gasteiger charge is -2.44. The van der Waals surface area contributed by atoms with Gasteiger partial charge in [-0.2, -0.15) is 0 Å². The van der Waals surface area contributed by atoms with Crippen LogP contribution in [0.1, 0.15) is 12.5 Å². The summed E-state index contributed by atoms with van der Waals surface area (Å²) in [6, 6.07) is 5.54. The Kier molecular flexibility index (Phi) is 3.66. The summed E-state index contributed by atoms with van der Waals surface area (Å²) in [6.07, 6.45) is 0. The van der Waals surface area contributed by atoms with Crippen molar-refractivity contribution in [3.8, 4) is 11.5 Å². The van der Waals surface area contributed by atoms with Crippen LogP contribution in [-0.2, 0) is 4.79 Å². The first-order chi connectivity index (χ1) is 8.91. The molecule has 5 nitrogen and oxygen atoms in total. The van der Waals surface area contributed by atoms with Gasteiger partial charge >= 0.3 is 0 Å². The second-order valence-corrected chi connectivity index (χ2v) is 5.19. The number of β-amino-alcohol motifs (C(OH)–C–C–N with tert-alkyl or cyclic N) is 1. The minimum absolute atomic E-state index is 0.0461. The van der Waals surface area contributed by atoms with Crippen LogP contribution in [0.4, 0.5) is 0 Å². The molecule has 1 aromatic carbocycles. The Morgan fingerprint density at radius 3 is 2.68 bits per heavy atom. The molecule has 0 aliphatic carbocycles. The van der Waals surface area contributed by atoms with Gasteiger partial charge in [-0.05, 0) is 31.5 Å². The minimum Gasteiger partial charge on any atom is -0.493 e. The number of carbonyl (C=O) groups is 1. The molecule has 0 atom stereocenters. The molecule has 1 fully saturated rings. The number of aryl methyl sites for hydroxylation is 1. The number of nitrogens with zero attached hydrogens (tertiary/aromatic N) is 1. The number of methoxy groups -OCH3 is 1. The lowest BCUT2D eigenvalue weighted by Crippen LogP contribution is -2.62. The van der Waals surface area contributed by atoms with Gasteiger partial charge < -0.3 is 19.5 Å². The number of carbonyl (C=O) groups excluding carboxylic acids is 1. The third-order valence-corrected chi connectivity index (χ3v) is 3.09. The van der Waals surface area contributed by atoms with Crippen molar-refractivity contribution in [2.45, 2.75) is 19.4 Å². The van der Waals surface area contributed by atoms with Crippen molar-refractivity contribution in [1.82, 2.24) is 4.90 Å². The quantitative estimate of drug-likeness (QED) is 0.881. The summed E-state index contributed by atoms with van der Waals surface area (Å²) >= 11 is 0. The van der Waals surface area contributed by atoms with Crippen LogP contribution in [0.3, 0.4) is 0 Å². The van der Waals surface area contributed by atoms with Crippen molar-refractivity contribution in [2.75, 3.05) is 26.8 Å². The van der Waals surface area contributed by atoms with Crippen LogP contribution in [-0.4, -0.2) is 48.3 Å². The molecule has 1 saturated heterocycles. The first-order valence-electron chi connectivity index (χ1n) is 6.19. The van der Waals surface area contributed by atoms with Crippen LogP contribution in [0.5, 0.6) is 11.5 Å². The number of hydrogen-bond donors (Lipinski definition) is 1. The van der Waals surface area contributed by atoms with E-state index in [2.05, 4.69) is 0 Å². The molecule has 1 aliphatic rings. The molecular weight excluding hydrogens is 246 g/mol. The lowest BCUT2D eigenvalue weighted by molar-refractivity contribution is -0.154. The predicted octanol–water partition coefficient (Wildman–Crippen LogP) is 0.976. The summed E-state index contributed by atoms with van der Waals surface area (Å²) in [6.45, 7) is 4.34. The average Bonchev–Trinajstić information content (AvgIpc) is 2.33. The van der Waals surface area contributed by atoms with E-state index >= 15 is 0 Å². The molecule has 0 aromatic heterocycles. The van der Waals surface area contributed by atoms with E-state index in [1.54, 1.807) is 25.0 Å². The summed E-state index contributed by atoms with van der Waals surface area (Å²) in [7, 11) is 1.57. The van der Waals surface area contributed by atoms with E-state index in [-0.39, 0.29) is 12.5 Å². The van der Waals surface area contributed by atoms with Gasteiger partial charge in [0.1, 0.15) is 0 Å². The molecule has 1 aromatic rings. The maximum absolute atomic E-state index is 11.8. The average molecular weight is 265 g/mol. The number of benzene rings is 1. The summed E-state index contributed by atoms with van der Waals surface area (Å²) in [5.41, 5.74) is 0.311. The van der Waals surface area contributed by atoms with E-state index in [0.29, 0.717) is 24.6 Å². The SMILES string of the molecule is COc1cc(C)ccc1OCC(=O)N1CC(C)(O)C1. The summed E-state index contributed by atoms with van der Waals surface area (Å²) in [5, 5.41) is 9.58. The highest BCUT2D eigenvalue weighted by Gasteiger charge is 2.39. The maximum atomic E-state index is 11.8. The van der Waals surface area contributed by atoms with Gasteiger partial charge in [-0.3, -0.25) is 4.79 Å². The standard InChI is InChI=1S/C14H19NO4/c1-10-4-5-11(12(6-10)18-3)19-7-13(16)15-8-14(2,17)9-15/h4-6,17H,7-9H2,1-3H3. The van der Waals surface area contributed by atoms with Gasteiger partial charge in [-0.25, -0.2) is 0 Å². The van der Waals surface area contributed by atoms with Gasteiger partial charge in [0, 0.05) is 0 Å². The van der Waals surface area contributed by atoms with Crippen molar-refractivity contribution in [1.29, 1.82) is 0 Å². The fourth-order valence-corrected chi connectivity index (χ4v) is 2.08. The highest BCUT2D eigenvalue weighted by Crippen LogP contribution is 2.28. The summed E-state index contributed by atoms with van der Waals surface area (Å²) in [5.74, 6) is 1.03. The number of likely N-dealkylation sites (tertiary alicyclic amines) is 1. The molecule has 104 valence electrons. The molecule has 1 aliphatic heterocycles. The first kappa shape index (κ1) is 13.7. The first-order valence-corrected chi connectivity index (χ1v) is 6.19. The van der Waals surface area contributed by atoms with Crippen LogP contribution in [0.25, 0.3) is 0 Å². The van der Waals surface area contributed by atoms with Crippen LogP contribution in [0.2, 0.25) is 0 Å². The lowest BCUT2D eigenvalue weighted by atomic mass is 9.97. The molecule has 2 rings (SSSR count). The van der Waals surface area contributed by atoms with Gasteiger partial charge in [0.25, 0.3) is 5.91 Å². The second-order valence-electron chi connectivity index (χ2n) is 5.19. The summed E-state index contributed by atoms with van der Waals surface area (Å²) < 4.78 is 10.7. The largest absolute Gasteiger partial charge is 0.493 e. The van der Waals surface area contributed by atoms with E-state index in [9.17, 15) is 9.90 Å². The van der Waals surface area contributed by atoms with Crippen LogP contribution in [0.15, 0.2) is 18.2 Å². The number of aliphatic hydroxyl groups is 1. The predicted molar refractivity (Wildman–Crippen MR) is 70.4 cm³/mol. The Morgan fingerprint density at radius 2 is 2.11 bits per heavy atom. The molecule has 19 heavy (non-hydrogen) atoms. The maximum Gasteiger partial charge on any atom is 0.260 e. The van der Waals surface area contributed by atoms with Crippen LogP contribution >= 0.6 is 0 Å². The molecule has 0 saturated carbocycles. The van der Waals surface area contributed by atoms with Crippen LogP contribution < -0.4 is 9.47 Å². The third-order valence-electron chi connectivity index (χ3n) is 3.09. The number of hydrogen-bond acceptors (Lipinski definition) is 4. The Balaban J connectivity index is 1.91. The van der Waals surface area contributed by atoms with E-state index in [1.165, 1.54) is 0 Å². The van der Waals surface area contributed by atoms with Crippen molar-refractivity contribution >= 4 is 5.91 Å². The van der Waals surface area contributed by atoms with Crippen molar-refractivity contribution in [3.63, 3.8) is 0 Å². The zero-order chi connectivity index (χ0) is 14.0. The van der Waals surface area contributed by atoms with E-state index in [1.807, 2.05) is 19.1 Å². The molecule has 0 unspecified atom stereocenters. The molecule has 1 N–H and O–H groups in total. The topological polar surface area (TPSA) is 59.0 Å². The Labute approximate surface area is 112 Å². The van der Waals surface area contributed by atoms with Crippen LogP contribution in [0, 0.1) is 6.92 Å². The molecule has 5 heteroatoms. The van der Waals surface area contributed by atoms with Gasteiger partial charge in [0.15, 0.2) is 18.1 Å². The van der Waals surface area contributed by atoms with Gasteiger partial charge in [0.2, 0.25) is 0 Å². The number of ether oxygens (including phenoxy) is 2. The Bertz CT molecular complexity index is 476. The highest BCUT2D eigenvalue weighted by atomic mass is 16.5. The zero-order valence-electron chi connectivity index (χ0n) is 11.5. The number of rotatable bonds is 4. The number of amides is 1. The third kappa shape index (κ3) is 3.17. The Morgan fingerprint density at radius 1 is 1.42 bits per heavy atom. The minimum atomic E-state index is -0.753. The molecule has 0 bridgehead atoms. The van der Waals surface area contributed by atoms with Gasteiger partial charge in [-0.1, -0.05) is 6.07 Å². The fraction of sp³-hybridized carbons (Fsp3) is 0.500. The van der Waals surface area contributed by atoms with Gasteiger partial charge in [-0.15, -0.1) is 0 Å². The van der Waals surface area contributed by atoms with E-state index in [4.69, 9.17) is 9.47 Å². The Hall–Kier alpha value is -1.75. The molecule has 1 heterocycles. The molecule has 1 amide bonds. The zero-order valence-corrected chi connectivity index (χ0v) is 11.5. The summed E-state index contributed by atoms with van der Waals surface area (Å²) in [4.78, 5) is 13.4. The molecular formula is C14H19NO4.